The first-order valence-electron chi connectivity index (χ1n) is 7.92. The molecular weight excluding hydrogens is 520 g/mol. The molecule has 33 heavy (non-hydrogen) atoms. The quantitative estimate of drug-likeness (QED) is 0.275. The van der Waals surface area contributed by atoms with Gasteiger partial charge in [0.25, 0.3) is 10.1 Å². The van der Waals surface area contributed by atoms with E-state index in [1.807, 2.05) is 0 Å². The third-order valence-corrected chi connectivity index (χ3v) is 4.89. The van der Waals surface area contributed by atoms with E-state index in [4.69, 9.17) is 4.55 Å². The van der Waals surface area contributed by atoms with Gasteiger partial charge in [-0.2, -0.15) is 52.3 Å². The summed E-state index contributed by atoms with van der Waals surface area (Å²) >= 11 is 0. The number of hydrogen-bond acceptors (Lipinski definition) is 4. The van der Waals surface area contributed by atoms with Gasteiger partial charge in [-0.25, -0.2) is 8.78 Å². The fourth-order valence-corrected chi connectivity index (χ4v) is 2.87. The van der Waals surface area contributed by atoms with Crippen molar-refractivity contribution in [3.05, 3.63) is 29.8 Å². The maximum atomic E-state index is 13.6. The van der Waals surface area contributed by atoms with E-state index in [1.54, 1.807) is 0 Å². The summed E-state index contributed by atoms with van der Waals surface area (Å²) < 4.78 is 191. The van der Waals surface area contributed by atoms with E-state index in [9.17, 15) is 65.9 Å². The van der Waals surface area contributed by atoms with Crippen LogP contribution in [0, 0.1) is 0 Å². The standard InChI is InChI=1S/C15H10F12O5S/c16-10(17)12(20,21)14(24,25)15(26,27)13(22,23)11(18,19)6-32-9(28)5-7-3-1-2-4-8(7)33(29,30)31/h1-4,10H,5-6H2,(H,29,30,31). The van der Waals surface area contributed by atoms with Crippen molar-refractivity contribution in [2.24, 2.45) is 0 Å². The largest absolute Gasteiger partial charge is 0.459 e. The first-order chi connectivity index (χ1) is 14.5. The summed E-state index contributed by atoms with van der Waals surface area (Å²) in [6.45, 7) is -3.13. The lowest BCUT2D eigenvalue weighted by Crippen LogP contribution is -2.69. The predicted octanol–water partition coefficient (Wildman–Crippen LogP) is 4.46. The Labute approximate surface area is 176 Å². The number of carbonyl (C=O) groups excluding carboxylic acids is 1. The highest BCUT2D eigenvalue weighted by Crippen LogP contribution is 2.58. The Kier molecular flexibility index (Phi) is 7.72. The highest BCUT2D eigenvalue weighted by Gasteiger charge is 2.87. The Morgan fingerprint density at radius 2 is 1.36 bits per heavy atom. The normalized spacial score (nSPS) is 14.5. The summed E-state index contributed by atoms with van der Waals surface area (Å²) in [7, 11) is -4.99. The molecule has 0 aromatic heterocycles. The number of esters is 1. The number of alkyl halides is 12. The Bertz CT molecular complexity index is 977. The molecule has 0 saturated heterocycles. The molecule has 190 valence electrons. The third kappa shape index (κ3) is 5.15. The second-order valence-electron chi connectivity index (χ2n) is 6.27. The topological polar surface area (TPSA) is 80.7 Å². The first-order valence-corrected chi connectivity index (χ1v) is 9.36. The van der Waals surface area contributed by atoms with Crippen LogP contribution in [0.3, 0.4) is 0 Å². The molecule has 0 heterocycles. The molecule has 0 fully saturated rings. The number of carbonyl (C=O) groups is 1. The van der Waals surface area contributed by atoms with Gasteiger partial charge in [0.15, 0.2) is 6.61 Å². The molecule has 1 N–H and O–H groups in total. The lowest BCUT2D eigenvalue weighted by molar-refractivity contribution is -0.414. The van der Waals surface area contributed by atoms with Crippen molar-refractivity contribution < 1.29 is 75.2 Å². The SMILES string of the molecule is O=C(Cc1ccccc1S(=O)(=O)O)OCC(F)(F)C(F)(F)C(F)(F)C(F)(F)C(F)(F)C(F)F. The zero-order valence-corrected chi connectivity index (χ0v) is 16.1. The van der Waals surface area contributed by atoms with Gasteiger partial charge >= 0.3 is 42.0 Å². The minimum Gasteiger partial charge on any atom is -0.459 e. The lowest BCUT2D eigenvalue weighted by atomic mass is 9.94. The molecule has 18 heteroatoms. The highest BCUT2D eigenvalue weighted by molar-refractivity contribution is 7.85. The second-order valence-corrected chi connectivity index (χ2v) is 7.66. The first kappa shape index (κ1) is 28.8. The molecule has 5 nitrogen and oxygen atoms in total. The van der Waals surface area contributed by atoms with E-state index in [0.717, 1.165) is 18.2 Å². The summed E-state index contributed by atoms with van der Waals surface area (Å²) in [4.78, 5) is 10.6. The molecule has 1 aromatic rings. The number of hydrogen-bond donors (Lipinski definition) is 1. The predicted molar refractivity (Wildman–Crippen MR) is 81.7 cm³/mol. The van der Waals surface area contributed by atoms with Crippen LogP contribution in [0.2, 0.25) is 0 Å². The summed E-state index contributed by atoms with van der Waals surface area (Å²) in [5, 5.41) is 0. The molecule has 0 atom stereocenters. The summed E-state index contributed by atoms with van der Waals surface area (Å²) in [6, 6.07) is 3.57. The van der Waals surface area contributed by atoms with Gasteiger partial charge in [-0.1, -0.05) is 18.2 Å². The number of halogens is 12. The Hall–Kier alpha value is -2.24. The van der Waals surface area contributed by atoms with Gasteiger partial charge in [0.2, 0.25) is 0 Å². The van der Waals surface area contributed by atoms with Crippen LogP contribution in [0.15, 0.2) is 29.2 Å². The van der Waals surface area contributed by atoms with E-state index in [0.29, 0.717) is 6.07 Å². The van der Waals surface area contributed by atoms with Crippen molar-refractivity contribution in [2.45, 2.75) is 47.4 Å². The highest BCUT2D eigenvalue weighted by atomic mass is 32.2. The van der Waals surface area contributed by atoms with Gasteiger partial charge in [-0.05, 0) is 11.6 Å². The maximum absolute atomic E-state index is 13.6. The molecular formula is C15H10F12O5S. The van der Waals surface area contributed by atoms with Crippen molar-refractivity contribution in [3.63, 3.8) is 0 Å². The third-order valence-electron chi connectivity index (χ3n) is 3.94. The molecule has 0 aliphatic rings. The molecule has 0 bridgehead atoms. The van der Waals surface area contributed by atoms with Crippen LogP contribution in [0.1, 0.15) is 5.56 Å². The van der Waals surface area contributed by atoms with Crippen molar-refractivity contribution >= 4 is 16.1 Å². The fourth-order valence-electron chi connectivity index (χ4n) is 2.14. The fraction of sp³-hybridized carbons (Fsp3) is 0.533. The van der Waals surface area contributed by atoms with Crippen LogP contribution in [0.4, 0.5) is 52.7 Å². The lowest BCUT2D eigenvalue weighted by Gasteiger charge is -2.38. The molecule has 0 radical (unpaired) electrons. The van der Waals surface area contributed by atoms with Gasteiger partial charge in [0.05, 0.1) is 11.3 Å². The van der Waals surface area contributed by atoms with Crippen LogP contribution in [0.5, 0.6) is 0 Å². The molecule has 0 aliphatic heterocycles. The Morgan fingerprint density at radius 1 is 0.879 bits per heavy atom. The van der Waals surface area contributed by atoms with Crippen LogP contribution >= 0.6 is 0 Å². The maximum Gasteiger partial charge on any atom is 0.384 e. The van der Waals surface area contributed by atoms with E-state index in [-0.39, 0.29) is 0 Å². The van der Waals surface area contributed by atoms with Crippen molar-refractivity contribution in [1.29, 1.82) is 0 Å². The Morgan fingerprint density at radius 3 is 1.82 bits per heavy atom. The molecule has 0 spiro atoms. The van der Waals surface area contributed by atoms with E-state index < -0.39 is 75.6 Å². The zero-order chi connectivity index (χ0) is 26.3. The van der Waals surface area contributed by atoms with Gasteiger partial charge < -0.3 is 4.74 Å². The van der Waals surface area contributed by atoms with Gasteiger partial charge in [-0.3, -0.25) is 9.35 Å². The van der Waals surface area contributed by atoms with Crippen molar-refractivity contribution in [2.75, 3.05) is 6.61 Å². The average molecular weight is 530 g/mol. The number of rotatable bonds is 10. The summed E-state index contributed by atoms with van der Waals surface area (Å²) in [5.41, 5.74) is -0.659. The van der Waals surface area contributed by atoms with Gasteiger partial charge in [0, 0.05) is 0 Å². The minimum atomic E-state index is -7.77. The molecule has 0 unspecified atom stereocenters. The van der Waals surface area contributed by atoms with E-state index in [2.05, 4.69) is 4.74 Å². The molecule has 1 rings (SSSR count). The summed E-state index contributed by atoms with van der Waals surface area (Å²) in [6.07, 6.45) is -7.00. The van der Waals surface area contributed by atoms with Crippen LogP contribution in [-0.2, 0) is 26.1 Å². The van der Waals surface area contributed by atoms with Gasteiger partial charge in [0.1, 0.15) is 0 Å². The molecule has 0 saturated carbocycles. The smallest absolute Gasteiger partial charge is 0.384 e. The zero-order valence-electron chi connectivity index (χ0n) is 15.3. The van der Waals surface area contributed by atoms with Gasteiger partial charge in [-0.15, -0.1) is 0 Å². The van der Waals surface area contributed by atoms with Crippen molar-refractivity contribution in [3.8, 4) is 0 Å². The summed E-state index contributed by atoms with van der Waals surface area (Å²) in [5.74, 6) is -38.6. The average Bonchev–Trinajstić information content (AvgIpc) is 2.65. The number of benzene rings is 1. The molecule has 1 aromatic carbocycles. The van der Waals surface area contributed by atoms with Crippen LogP contribution in [0.25, 0.3) is 0 Å². The monoisotopic (exact) mass is 530 g/mol. The second kappa shape index (κ2) is 8.84. The van der Waals surface area contributed by atoms with E-state index in [1.165, 1.54) is 0 Å². The molecule has 0 amide bonds. The van der Waals surface area contributed by atoms with E-state index >= 15 is 0 Å². The Balaban J connectivity index is 3.13. The molecule has 0 aliphatic carbocycles. The number of ether oxygens (including phenoxy) is 1. The van der Waals surface area contributed by atoms with Crippen LogP contribution < -0.4 is 0 Å². The van der Waals surface area contributed by atoms with Crippen molar-refractivity contribution in [1.82, 2.24) is 0 Å². The van der Waals surface area contributed by atoms with Crippen LogP contribution in [-0.4, -0.2) is 61.6 Å². The minimum absolute atomic E-state index is 0.659.